The Balaban J connectivity index is 1.63. The van der Waals surface area contributed by atoms with Crippen LogP contribution in [0.4, 0.5) is 4.39 Å². The van der Waals surface area contributed by atoms with Crippen molar-refractivity contribution in [1.82, 2.24) is 15.1 Å². The highest BCUT2D eigenvalue weighted by molar-refractivity contribution is 7.80. The van der Waals surface area contributed by atoms with Crippen LogP contribution in [0.2, 0.25) is 0 Å². The Labute approximate surface area is 207 Å². The van der Waals surface area contributed by atoms with Crippen LogP contribution < -0.4 is 5.32 Å². The molecule has 184 valence electrons. The highest BCUT2D eigenvalue weighted by Gasteiger charge is 2.50. The molecule has 6 nitrogen and oxygen atoms in total. The minimum absolute atomic E-state index is 0.0109. The number of esters is 1. The van der Waals surface area contributed by atoms with Gasteiger partial charge in [-0.1, -0.05) is 12.1 Å². The molecule has 0 radical (unpaired) electrons. The molecule has 0 saturated carbocycles. The number of halogens is 1. The van der Waals surface area contributed by atoms with Crippen molar-refractivity contribution in [3.63, 3.8) is 0 Å². The fourth-order valence-electron chi connectivity index (χ4n) is 5.51. The van der Waals surface area contributed by atoms with Crippen LogP contribution in [0.1, 0.15) is 37.2 Å². The third kappa shape index (κ3) is 6.87. The third-order valence-corrected chi connectivity index (χ3v) is 7.37. The molecule has 2 heterocycles. The van der Waals surface area contributed by atoms with E-state index in [9.17, 15) is 14.0 Å². The summed E-state index contributed by atoms with van der Waals surface area (Å²) in [7, 11) is 1.45. The number of carbonyl (C=O) groups is 2. The maximum Gasteiger partial charge on any atom is 0.310 e. The first-order valence-corrected chi connectivity index (χ1v) is 13.0. The fraction of sp³-hybridized carbons (Fsp3) is 0.667. The SMILES string of the molecule is COC(=O)[C@@H]1[C@H]2CC[C@@H](C[C@H]1c1ccc(F)cc1)N2CCCN(CCS)CC(=O)NCCS. The summed E-state index contributed by atoms with van der Waals surface area (Å²) in [6.45, 7) is 3.35. The van der Waals surface area contributed by atoms with Crippen molar-refractivity contribution in [1.29, 1.82) is 0 Å². The molecule has 0 aliphatic carbocycles. The molecule has 1 amide bonds. The molecule has 2 aliphatic rings. The average molecular weight is 498 g/mol. The van der Waals surface area contributed by atoms with Crippen LogP contribution in [0.25, 0.3) is 0 Å². The second kappa shape index (κ2) is 13.0. The molecule has 2 saturated heterocycles. The van der Waals surface area contributed by atoms with Crippen LogP contribution >= 0.6 is 25.3 Å². The Kier molecular flexibility index (Phi) is 10.3. The van der Waals surface area contributed by atoms with E-state index in [2.05, 4.69) is 40.4 Å². The van der Waals surface area contributed by atoms with E-state index in [1.54, 1.807) is 12.1 Å². The van der Waals surface area contributed by atoms with E-state index in [4.69, 9.17) is 4.74 Å². The molecule has 4 atom stereocenters. The molecule has 1 aromatic rings. The molecule has 3 rings (SSSR count). The van der Waals surface area contributed by atoms with Crippen molar-refractivity contribution in [2.75, 3.05) is 51.3 Å². The van der Waals surface area contributed by atoms with Gasteiger partial charge in [0.15, 0.2) is 0 Å². The predicted octanol–water partition coefficient (Wildman–Crippen LogP) is 2.60. The number of thiol groups is 2. The summed E-state index contributed by atoms with van der Waals surface area (Å²) in [5, 5.41) is 2.87. The number of benzene rings is 1. The summed E-state index contributed by atoms with van der Waals surface area (Å²) >= 11 is 8.47. The van der Waals surface area contributed by atoms with Gasteiger partial charge in [-0.3, -0.25) is 19.4 Å². The second-order valence-electron chi connectivity index (χ2n) is 8.91. The van der Waals surface area contributed by atoms with Gasteiger partial charge in [-0.25, -0.2) is 4.39 Å². The number of hydrogen-bond acceptors (Lipinski definition) is 7. The van der Waals surface area contributed by atoms with Crippen LogP contribution in [-0.4, -0.2) is 85.1 Å². The summed E-state index contributed by atoms with van der Waals surface area (Å²) in [6, 6.07) is 7.09. The van der Waals surface area contributed by atoms with Gasteiger partial charge in [0, 0.05) is 42.6 Å². The van der Waals surface area contributed by atoms with E-state index >= 15 is 0 Å². The zero-order valence-corrected chi connectivity index (χ0v) is 21.1. The smallest absolute Gasteiger partial charge is 0.310 e. The van der Waals surface area contributed by atoms with Gasteiger partial charge < -0.3 is 10.1 Å². The van der Waals surface area contributed by atoms with Gasteiger partial charge in [0.05, 0.1) is 19.6 Å². The lowest BCUT2D eigenvalue weighted by atomic mass is 9.76. The third-order valence-electron chi connectivity index (χ3n) is 6.94. The largest absolute Gasteiger partial charge is 0.469 e. The van der Waals surface area contributed by atoms with Crippen LogP contribution in [0.15, 0.2) is 24.3 Å². The van der Waals surface area contributed by atoms with Crippen molar-refractivity contribution < 1.29 is 18.7 Å². The van der Waals surface area contributed by atoms with Gasteiger partial charge >= 0.3 is 5.97 Å². The summed E-state index contributed by atoms with van der Waals surface area (Å²) in [4.78, 5) is 29.6. The maximum atomic E-state index is 13.5. The Morgan fingerprint density at radius 2 is 1.94 bits per heavy atom. The van der Waals surface area contributed by atoms with Gasteiger partial charge in [0.2, 0.25) is 5.91 Å². The molecule has 0 spiro atoms. The number of amides is 1. The van der Waals surface area contributed by atoms with Crippen molar-refractivity contribution >= 4 is 37.1 Å². The average Bonchev–Trinajstić information content (AvgIpc) is 3.08. The fourth-order valence-corrected chi connectivity index (χ4v) is 5.91. The lowest BCUT2D eigenvalue weighted by Crippen LogP contribution is -2.51. The van der Waals surface area contributed by atoms with Crippen LogP contribution in [-0.2, 0) is 14.3 Å². The molecular weight excluding hydrogens is 461 g/mol. The topological polar surface area (TPSA) is 61.9 Å². The van der Waals surface area contributed by atoms with Crippen molar-refractivity contribution in [2.45, 2.75) is 43.7 Å². The first kappa shape index (κ1) is 26.3. The Morgan fingerprint density at radius 1 is 1.18 bits per heavy atom. The van der Waals surface area contributed by atoms with E-state index in [1.165, 1.54) is 19.2 Å². The van der Waals surface area contributed by atoms with E-state index in [-0.39, 0.29) is 35.6 Å². The molecule has 1 aromatic carbocycles. The van der Waals surface area contributed by atoms with Crippen molar-refractivity contribution in [3.8, 4) is 0 Å². The van der Waals surface area contributed by atoms with Crippen LogP contribution in [0.5, 0.6) is 0 Å². The number of carbonyl (C=O) groups excluding carboxylic acids is 2. The number of hydrogen-bond donors (Lipinski definition) is 3. The Hall–Kier alpha value is -1.29. The van der Waals surface area contributed by atoms with E-state index in [0.717, 1.165) is 50.9 Å². The van der Waals surface area contributed by atoms with Crippen molar-refractivity contribution in [2.24, 2.45) is 5.92 Å². The molecule has 2 fully saturated rings. The van der Waals surface area contributed by atoms with Gasteiger partial charge in [0.25, 0.3) is 0 Å². The monoisotopic (exact) mass is 497 g/mol. The number of methoxy groups -OCH3 is 1. The zero-order chi connectivity index (χ0) is 23.8. The molecule has 2 aliphatic heterocycles. The van der Waals surface area contributed by atoms with E-state index in [0.29, 0.717) is 30.6 Å². The number of nitrogens with zero attached hydrogens (tertiary/aromatic N) is 2. The van der Waals surface area contributed by atoms with E-state index in [1.807, 2.05) is 0 Å². The van der Waals surface area contributed by atoms with Gasteiger partial charge in [-0.15, -0.1) is 0 Å². The normalized spacial score (nSPS) is 24.8. The standard InChI is InChI=1S/C24H36FN3O3S2/c1-31-24(30)23-20(17-3-5-18(25)6-4-17)15-19-7-8-21(23)28(19)11-2-10-27(12-14-33)16-22(29)26-9-13-32/h3-6,19-21,23,32-33H,2,7-16H2,1H3,(H,26,29)/t19-,20-,21+,23-/m0/s1. The summed E-state index contributed by atoms with van der Waals surface area (Å²) in [5.74, 6) is 0.671. The minimum atomic E-state index is -0.265. The quantitative estimate of drug-likeness (QED) is 0.306. The summed E-state index contributed by atoms with van der Waals surface area (Å²) < 4.78 is 18.7. The number of nitrogens with one attached hydrogen (secondary N) is 1. The maximum absolute atomic E-state index is 13.5. The molecule has 0 aromatic heterocycles. The number of fused-ring (bicyclic) bond motifs is 2. The first-order valence-electron chi connectivity index (χ1n) is 11.8. The minimum Gasteiger partial charge on any atom is -0.469 e. The zero-order valence-electron chi connectivity index (χ0n) is 19.3. The highest BCUT2D eigenvalue weighted by atomic mass is 32.1. The van der Waals surface area contributed by atoms with Crippen molar-refractivity contribution in [3.05, 3.63) is 35.6 Å². The number of rotatable bonds is 12. The molecule has 0 unspecified atom stereocenters. The number of piperidine rings is 1. The van der Waals surface area contributed by atoms with Crippen LogP contribution in [0, 0.1) is 11.7 Å². The van der Waals surface area contributed by atoms with Gasteiger partial charge in [-0.2, -0.15) is 25.3 Å². The highest BCUT2D eigenvalue weighted by Crippen LogP contribution is 2.47. The lowest BCUT2D eigenvalue weighted by molar-refractivity contribution is -0.150. The molecule has 9 heteroatoms. The second-order valence-corrected chi connectivity index (χ2v) is 9.80. The number of ether oxygens (including phenoxy) is 1. The van der Waals surface area contributed by atoms with E-state index < -0.39 is 0 Å². The summed E-state index contributed by atoms with van der Waals surface area (Å²) in [5.41, 5.74) is 1.01. The lowest BCUT2D eigenvalue weighted by Gasteiger charge is -2.44. The van der Waals surface area contributed by atoms with Gasteiger partial charge in [-0.05, 0) is 56.5 Å². The molecule has 33 heavy (non-hydrogen) atoms. The Morgan fingerprint density at radius 3 is 2.61 bits per heavy atom. The van der Waals surface area contributed by atoms with Gasteiger partial charge in [0.1, 0.15) is 5.82 Å². The van der Waals surface area contributed by atoms with Crippen LogP contribution in [0.3, 0.4) is 0 Å². The molecule has 1 N–H and O–H groups in total. The first-order chi connectivity index (χ1) is 16.0. The molecule has 2 bridgehead atoms. The summed E-state index contributed by atoms with van der Waals surface area (Å²) in [6.07, 6.45) is 3.81. The molecular formula is C24H36FN3O3S2. The predicted molar refractivity (Wildman–Crippen MR) is 135 cm³/mol. The Bertz CT molecular complexity index is 783.